The molecule has 0 aliphatic rings. The van der Waals surface area contributed by atoms with Crippen LogP contribution in [-0.2, 0) is 0 Å². The summed E-state index contributed by atoms with van der Waals surface area (Å²) in [6.07, 6.45) is 8.04. The summed E-state index contributed by atoms with van der Waals surface area (Å²) in [6.45, 7) is 4.44. The number of unbranched alkanes of at least 4 members (excludes halogenated alkanes) is 4. The van der Waals surface area contributed by atoms with Crippen molar-refractivity contribution in [3.63, 3.8) is 0 Å². The van der Waals surface area contributed by atoms with Crippen molar-refractivity contribution >= 4 is 27.3 Å². The molecular weight excluding hydrogens is 294 g/mol. The van der Waals surface area contributed by atoms with Gasteiger partial charge in [0, 0.05) is 20.3 Å². The van der Waals surface area contributed by atoms with Gasteiger partial charge in [-0.15, -0.1) is 11.3 Å². The average molecular weight is 318 g/mol. The normalized spacial score (nSPS) is 12.9. The van der Waals surface area contributed by atoms with E-state index in [2.05, 4.69) is 48.2 Å². The molecule has 0 aliphatic heterocycles. The van der Waals surface area contributed by atoms with E-state index in [1.807, 2.05) is 11.3 Å². The summed E-state index contributed by atoms with van der Waals surface area (Å²) >= 11 is 5.57. The maximum Gasteiger partial charge on any atom is 0.0423 e. The third-order valence-electron chi connectivity index (χ3n) is 3.10. The molecule has 1 atom stereocenters. The van der Waals surface area contributed by atoms with Crippen molar-refractivity contribution in [1.29, 1.82) is 0 Å². The van der Waals surface area contributed by atoms with Crippen molar-refractivity contribution in [2.45, 2.75) is 58.4 Å². The van der Waals surface area contributed by atoms with Crippen LogP contribution in [0.5, 0.6) is 0 Å². The quantitative estimate of drug-likeness (QED) is 0.629. The lowest BCUT2D eigenvalue weighted by Gasteiger charge is -2.15. The van der Waals surface area contributed by atoms with E-state index in [9.17, 15) is 0 Å². The lowest BCUT2D eigenvalue weighted by atomic mass is 10.1. The van der Waals surface area contributed by atoms with Gasteiger partial charge in [-0.25, -0.2) is 0 Å². The highest BCUT2D eigenvalue weighted by Gasteiger charge is 2.14. The minimum absolute atomic E-state index is 0.518. The highest BCUT2D eigenvalue weighted by atomic mass is 79.9. The summed E-state index contributed by atoms with van der Waals surface area (Å²) in [6, 6.07) is 2.74. The van der Waals surface area contributed by atoms with Crippen molar-refractivity contribution in [3.05, 3.63) is 20.3 Å². The predicted molar refractivity (Wildman–Crippen MR) is 81.9 cm³/mol. The molecule has 1 aromatic rings. The first kappa shape index (κ1) is 15.2. The van der Waals surface area contributed by atoms with Gasteiger partial charge in [0.05, 0.1) is 0 Å². The van der Waals surface area contributed by atoms with Gasteiger partial charge in [-0.1, -0.05) is 39.0 Å². The van der Waals surface area contributed by atoms with E-state index >= 15 is 0 Å². The Labute approximate surface area is 118 Å². The van der Waals surface area contributed by atoms with Gasteiger partial charge in [0.2, 0.25) is 0 Å². The van der Waals surface area contributed by atoms with E-state index in [4.69, 9.17) is 0 Å². The Morgan fingerprint density at radius 3 is 2.53 bits per heavy atom. The van der Waals surface area contributed by atoms with Gasteiger partial charge in [0.25, 0.3) is 0 Å². The van der Waals surface area contributed by atoms with Crippen LogP contribution in [0.15, 0.2) is 10.5 Å². The van der Waals surface area contributed by atoms with Crippen LogP contribution in [0, 0.1) is 6.92 Å². The second-order valence-electron chi connectivity index (χ2n) is 4.61. The summed E-state index contributed by atoms with van der Waals surface area (Å²) < 4.78 is 1.27. The largest absolute Gasteiger partial charge is 0.312 e. The van der Waals surface area contributed by atoms with E-state index in [0.29, 0.717) is 6.04 Å². The highest BCUT2D eigenvalue weighted by Crippen LogP contribution is 2.34. The van der Waals surface area contributed by atoms with Crippen LogP contribution in [0.2, 0.25) is 0 Å². The van der Waals surface area contributed by atoms with Gasteiger partial charge >= 0.3 is 0 Å². The van der Waals surface area contributed by atoms with Crippen LogP contribution in [0.3, 0.4) is 0 Å². The van der Waals surface area contributed by atoms with E-state index in [-0.39, 0.29) is 0 Å². The number of aryl methyl sites for hydroxylation is 1. The molecule has 3 heteroatoms. The summed E-state index contributed by atoms with van der Waals surface area (Å²) in [4.78, 5) is 2.85. The molecule has 98 valence electrons. The van der Waals surface area contributed by atoms with Crippen LogP contribution in [0.25, 0.3) is 0 Å². The maximum atomic E-state index is 3.66. The van der Waals surface area contributed by atoms with Gasteiger partial charge in [0.15, 0.2) is 0 Å². The number of hydrogen-bond donors (Lipinski definition) is 1. The molecule has 0 amide bonds. The fraction of sp³-hybridized carbons (Fsp3) is 0.714. The second-order valence-corrected chi connectivity index (χ2v) is 6.76. The topological polar surface area (TPSA) is 12.0 Å². The molecule has 1 nitrogen and oxygen atoms in total. The number of halogens is 1. The molecule has 1 N–H and O–H groups in total. The summed E-state index contributed by atoms with van der Waals surface area (Å²) in [5, 5.41) is 3.44. The first-order chi connectivity index (χ1) is 8.19. The van der Waals surface area contributed by atoms with Gasteiger partial charge in [-0.2, -0.15) is 0 Å². The molecule has 0 saturated carbocycles. The van der Waals surface area contributed by atoms with E-state index < -0.39 is 0 Å². The summed E-state index contributed by atoms with van der Waals surface area (Å²) in [5.41, 5.74) is 0. The molecule has 0 radical (unpaired) electrons. The fourth-order valence-corrected chi connectivity index (χ4v) is 4.17. The van der Waals surface area contributed by atoms with Gasteiger partial charge in [-0.3, -0.25) is 0 Å². The maximum absolute atomic E-state index is 3.66. The van der Waals surface area contributed by atoms with Gasteiger partial charge in [0.1, 0.15) is 0 Å². The molecule has 0 aromatic carbocycles. The van der Waals surface area contributed by atoms with Gasteiger partial charge < -0.3 is 5.32 Å². The minimum atomic E-state index is 0.518. The van der Waals surface area contributed by atoms with Crippen molar-refractivity contribution in [2.24, 2.45) is 0 Å². The van der Waals surface area contributed by atoms with Gasteiger partial charge in [-0.05, 0) is 42.4 Å². The molecular formula is C14H24BrNS. The molecule has 0 bridgehead atoms. The molecule has 1 aromatic heterocycles. The van der Waals surface area contributed by atoms with Crippen molar-refractivity contribution in [3.8, 4) is 0 Å². The second kappa shape index (κ2) is 8.28. The van der Waals surface area contributed by atoms with Crippen LogP contribution in [-0.4, -0.2) is 7.05 Å². The molecule has 1 unspecified atom stereocenters. The number of rotatable bonds is 8. The number of thiophene rings is 1. The van der Waals surface area contributed by atoms with Crippen molar-refractivity contribution in [2.75, 3.05) is 7.05 Å². The first-order valence-corrected chi connectivity index (χ1v) is 8.23. The monoisotopic (exact) mass is 317 g/mol. The van der Waals surface area contributed by atoms with Crippen LogP contribution in [0.4, 0.5) is 0 Å². The fourth-order valence-electron chi connectivity index (χ4n) is 2.10. The van der Waals surface area contributed by atoms with Crippen LogP contribution in [0.1, 0.15) is 61.2 Å². The lowest BCUT2D eigenvalue weighted by molar-refractivity contribution is 0.505. The van der Waals surface area contributed by atoms with Crippen LogP contribution >= 0.6 is 27.3 Å². The number of hydrogen-bond acceptors (Lipinski definition) is 2. The SMILES string of the molecule is CCCCCCCC(NC)c1sc(C)cc1Br. The van der Waals surface area contributed by atoms with Crippen molar-refractivity contribution in [1.82, 2.24) is 5.32 Å². The Morgan fingerprint density at radius 2 is 2.00 bits per heavy atom. The Balaban J connectivity index is 2.40. The molecule has 17 heavy (non-hydrogen) atoms. The molecule has 1 heterocycles. The Morgan fingerprint density at radius 1 is 1.29 bits per heavy atom. The molecule has 0 aliphatic carbocycles. The molecule has 0 fully saturated rings. The zero-order chi connectivity index (χ0) is 12.7. The Hall–Kier alpha value is 0.140. The molecule has 0 saturated heterocycles. The first-order valence-electron chi connectivity index (χ1n) is 6.62. The minimum Gasteiger partial charge on any atom is -0.312 e. The summed E-state index contributed by atoms with van der Waals surface area (Å²) in [7, 11) is 2.07. The Bertz CT molecular complexity index is 322. The van der Waals surface area contributed by atoms with E-state index in [1.54, 1.807) is 0 Å². The highest BCUT2D eigenvalue weighted by molar-refractivity contribution is 9.10. The lowest BCUT2D eigenvalue weighted by Crippen LogP contribution is -2.15. The smallest absolute Gasteiger partial charge is 0.0423 e. The zero-order valence-electron chi connectivity index (χ0n) is 11.2. The summed E-state index contributed by atoms with van der Waals surface area (Å²) in [5.74, 6) is 0. The predicted octanol–water partition coefficient (Wildman–Crippen LogP) is 5.44. The van der Waals surface area contributed by atoms with E-state index in [1.165, 1.54) is 52.8 Å². The average Bonchev–Trinajstić information content (AvgIpc) is 2.63. The third-order valence-corrected chi connectivity index (χ3v) is 5.18. The van der Waals surface area contributed by atoms with E-state index in [0.717, 1.165) is 0 Å². The van der Waals surface area contributed by atoms with Crippen molar-refractivity contribution < 1.29 is 0 Å². The third kappa shape index (κ3) is 5.11. The number of nitrogens with one attached hydrogen (secondary N) is 1. The van der Waals surface area contributed by atoms with Crippen LogP contribution < -0.4 is 5.32 Å². The standard InChI is InChI=1S/C14H24BrNS/c1-4-5-6-7-8-9-13(16-3)14-12(15)10-11(2)17-14/h10,13,16H,4-9H2,1-3H3. The zero-order valence-corrected chi connectivity index (χ0v) is 13.6. The Kier molecular flexibility index (Phi) is 7.40. The molecule has 0 spiro atoms. The molecule has 1 rings (SSSR count).